The van der Waals surface area contributed by atoms with Crippen molar-refractivity contribution >= 4 is 11.5 Å². The molecule has 0 saturated carbocycles. The maximum atomic E-state index is 12.0. The van der Waals surface area contributed by atoms with Crippen LogP contribution in [0, 0.1) is 10.1 Å². The molecule has 0 aromatic heterocycles. The molecule has 0 atom stereocenters. The highest BCUT2D eigenvalue weighted by molar-refractivity contribution is 6.09. The third-order valence-corrected chi connectivity index (χ3v) is 3.18. The second kappa shape index (κ2) is 3.77. The van der Waals surface area contributed by atoms with Gasteiger partial charge in [-0.05, 0) is 11.1 Å². The molecule has 0 amide bonds. The normalized spacial score (nSPS) is 12.8. The Bertz CT molecular complexity index is 662. The van der Waals surface area contributed by atoms with Crippen LogP contribution in [-0.2, 0) is 6.42 Å². The van der Waals surface area contributed by atoms with Gasteiger partial charge in [0, 0.05) is 18.1 Å². The minimum Gasteiger partial charge on any atom is -0.294 e. The van der Waals surface area contributed by atoms with Crippen LogP contribution < -0.4 is 0 Å². The lowest BCUT2D eigenvalue weighted by Crippen LogP contribution is -2.13. The fourth-order valence-corrected chi connectivity index (χ4v) is 2.39. The van der Waals surface area contributed by atoms with Gasteiger partial charge in [0.1, 0.15) is 0 Å². The molecule has 4 nitrogen and oxygen atoms in total. The summed E-state index contributed by atoms with van der Waals surface area (Å²) >= 11 is 0. The molecule has 0 aliphatic heterocycles. The van der Waals surface area contributed by atoms with E-state index in [1.807, 2.05) is 24.3 Å². The molecule has 3 rings (SSSR count). The van der Waals surface area contributed by atoms with E-state index in [2.05, 4.69) is 0 Å². The minimum atomic E-state index is -0.436. The zero-order valence-corrected chi connectivity index (χ0v) is 9.42. The van der Waals surface area contributed by atoms with Gasteiger partial charge in [-0.25, -0.2) is 0 Å². The quantitative estimate of drug-likeness (QED) is 0.567. The molecule has 0 saturated heterocycles. The van der Waals surface area contributed by atoms with Crippen LogP contribution in [0.2, 0.25) is 0 Å². The van der Waals surface area contributed by atoms with E-state index >= 15 is 0 Å². The maximum absolute atomic E-state index is 12.0. The van der Waals surface area contributed by atoms with Gasteiger partial charge < -0.3 is 0 Å². The standard InChI is InChI=1S/C14H9NO3/c16-13-8-9-4-1-2-5-10(9)14-11(13)6-3-7-12(14)15(17)18/h1-7H,8H2. The molecule has 1 aliphatic carbocycles. The summed E-state index contributed by atoms with van der Waals surface area (Å²) < 4.78 is 0. The van der Waals surface area contributed by atoms with E-state index in [4.69, 9.17) is 0 Å². The Labute approximate surface area is 103 Å². The van der Waals surface area contributed by atoms with Crippen LogP contribution in [0.4, 0.5) is 5.69 Å². The molecule has 0 radical (unpaired) electrons. The Morgan fingerprint density at radius 1 is 1.00 bits per heavy atom. The average Bonchev–Trinajstić information content (AvgIpc) is 2.38. The number of nitro groups is 1. The molecule has 0 bridgehead atoms. The first kappa shape index (κ1) is 10.7. The first-order chi connectivity index (χ1) is 8.68. The number of rotatable bonds is 1. The van der Waals surface area contributed by atoms with E-state index in [-0.39, 0.29) is 11.5 Å². The maximum Gasteiger partial charge on any atom is 0.277 e. The van der Waals surface area contributed by atoms with Gasteiger partial charge in [-0.15, -0.1) is 0 Å². The summed E-state index contributed by atoms with van der Waals surface area (Å²) in [5.41, 5.74) is 2.54. The zero-order chi connectivity index (χ0) is 12.7. The van der Waals surface area contributed by atoms with E-state index in [0.29, 0.717) is 17.5 Å². The van der Waals surface area contributed by atoms with E-state index in [1.165, 1.54) is 6.07 Å². The molecule has 2 aromatic rings. The van der Waals surface area contributed by atoms with Crippen molar-refractivity contribution in [3.05, 3.63) is 63.7 Å². The highest BCUT2D eigenvalue weighted by Crippen LogP contribution is 2.39. The molecule has 0 N–H and O–H groups in total. The largest absolute Gasteiger partial charge is 0.294 e. The van der Waals surface area contributed by atoms with Crippen LogP contribution in [0.25, 0.3) is 11.1 Å². The van der Waals surface area contributed by atoms with Crippen LogP contribution in [0.1, 0.15) is 15.9 Å². The van der Waals surface area contributed by atoms with Crippen molar-refractivity contribution in [3.63, 3.8) is 0 Å². The van der Waals surface area contributed by atoms with Crippen molar-refractivity contribution in [3.8, 4) is 11.1 Å². The summed E-state index contributed by atoms with van der Waals surface area (Å²) in [7, 11) is 0. The van der Waals surface area contributed by atoms with Gasteiger partial charge in [-0.3, -0.25) is 14.9 Å². The average molecular weight is 239 g/mol. The number of nitrogens with zero attached hydrogens (tertiary/aromatic N) is 1. The Morgan fingerprint density at radius 2 is 1.72 bits per heavy atom. The molecule has 4 heteroatoms. The van der Waals surface area contributed by atoms with Gasteiger partial charge in [-0.2, -0.15) is 0 Å². The number of carbonyl (C=O) groups excluding carboxylic acids is 1. The molecular formula is C14H9NO3. The lowest BCUT2D eigenvalue weighted by molar-refractivity contribution is -0.384. The minimum absolute atomic E-state index is 0.00648. The van der Waals surface area contributed by atoms with Crippen LogP contribution in [0.3, 0.4) is 0 Å². The summed E-state index contributed by atoms with van der Waals surface area (Å²) in [4.78, 5) is 22.6. The number of nitro benzene ring substituents is 1. The van der Waals surface area contributed by atoms with Gasteiger partial charge in [0.25, 0.3) is 5.69 Å². The van der Waals surface area contributed by atoms with Crippen molar-refractivity contribution in [1.29, 1.82) is 0 Å². The van der Waals surface area contributed by atoms with Gasteiger partial charge >= 0.3 is 0 Å². The molecule has 0 unspecified atom stereocenters. The zero-order valence-electron chi connectivity index (χ0n) is 9.42. The van der Waals surface area contributed by atoms with Crippen molar-refractivity contribution in [2.45, 2.75) is 6.42 Å². The predicted molar refractivity (Wildman–Crippen MR) is 66.6 cm³/mol. The highest BCUT2D eigenvalue weighted by Gasteiger charge is 2.28. The highest BCUT2D eigenvalue weighted by atomic mass is 16.6. The third kappa shape index (κ3) is 1.43. The molecular weight excluding hydrogens is 230 g/mol. The second-order valence-electron chi connectivity index (χ2n) is 4.21. The molecule has 1 aliphatic rings. The van der Waals surface area contributed by atoms with Crippen molar-refractivity contribution in [2.75, 3.05) is 0 Å². The Kier molecular flexibility index (Phi) is 2.23. The summed E-state index contributed by atoms with van der Waals surface area (Å²) in [5.74, 6) is -0.0626. The summed E-state index contributed by atoms with van der Waals surface area (Å²) in [6.45, 7) is 0. The number of fused-ring (bicyclic) bond motifs is 3. The predicted octanol–water partition coefficient (Wildman–Crippen LogP) is 3.00. The molecule has 0 fully saturated rings. The van der Waals surface area contributed by atoms with E-state index in [0.717, 1.165) is 11.1 Å². The fourth-order valence-electron chi connectivity index (χ4n) is 2.39. The van der Waals surface area contributed by atoms with E-state index in [9.17, 15) is 14.9 Å². The number of ketones is 1. The number of Topliss-reactive ketones (excluding diaryl/α,β-unsaturated/α-hetero) is 1. The lowest BCUT2D eigenvalue weighted by Gasteiger charge is -2.18. The number of hydrogen-bond acceptors (Lipinski definition) is 3. The van der Waals surface area contributed by atoms with Crippen molar-refractivity contribution in [2.24, 2.45) is 0 Å². The Morgan fingerprint density at radius 3 is 2.50 bits per heavy atom. The SMILES string of the molecule is O=C1Cc2ccccc2-c2c1cccc2[N+](=O)[O-]. The molecule has 0 heterocycles. The van der Waals surface area contributed by atoms with Crippen molar-refractivity contribution < 1.29 is 9.72 Å². The Hall–Kier alpha value is -2.49. The number of hydrogen-bond donors (Lipinski definition) is 0. The summed E-state index contributed by atoms with van der Waals surface area (Å²) in [5, 5.41) is 11.1. The van der Waals surface area contributed by atoms with E-state index < -0.39 is 4.92 Å². The smallest absolute Gasteiger partial charge is 0.277 e. The van der Waals surface area contributed by atoms with Crippen LogP contribution in [0.5, 0.6) is 0 Å². The first-order valence-corrected chi connectivity index (χ1v) is 5.57. The Balaban J connectivity index is 2.39. The number of carbonyl (C=O) groups is 1. The van der Waals surface area contributed by atoms with Crippen LogP contribution in [-0.4, -0.2) is 10.7 Å². The third-order valence-electron chi connectivity index (χ3n) is 3.18. The second-order valence-corrected chi connectivity index (χ2v) is 4.21. The van der Waals surface area contributed by atoms with Crippen LogP contribution >= 0.6 is 0 Å². The van der Waals surface area contributed by atoms with Gasteiger partial charge in [0.2, 0.25) is 0 Å². The lowest BCUT2D eigenvalue weighted by atomic mass is 9.84. The van der Waals surface area contributed by atoms with Gasteiger partial charge in [-0.1, -0.05) is 36.4 Å². The summed E-state index contributed by atoms with van der Waals surface area (Å²) in [6.07, 6.45) is 0.310. The molecule has 88 valence electrons. The first-order valence-electron chi connectivity index (χ1n) is 5.57. The van der Waals surface area contributed by atoms with Gasteiger partial charge in [0.15, 0.2) is 5.78 Å². The van der Waals surface area contributed by atoms with Crippen LogP contribution in [0.15, 0.2) is 42.5 Å². The fraction of sp³-hybridized carbons (Fsp3) is 0.0714. The molecule has 0 spiro atoms. The summed E-state index contributed by atoms with van der Waals surface area (Å²) in [6, 6.07) is 12.0. The molecule has 2 aromatic carbocycles. The monoisotopic (exact) mass is 239 g/mol. The topological polar surface area (TPSA) is 60.2 Å². The van der Waals surface area contributed by atoms with Crippen molar-refractivity contribution in [1.82, 2.24) is 0 Å². The van der Waals surface area contributed by atoms with Gasteiger partial charge in [0.05, 0.1) is 10.5 Å². The van der Waals surface area contributed by atoms with E-state index in [1.54, 1.807) is 12.1 Å². The number of benzene rings is 2. The molecule has 18 heavy (non-hydrogen) atoms.